The molecule has 4 rings (SSSR count). The molecule has 0 amide bonds. The van der Waals surface area contributed by atoms with E-state index < -0.39 is 0 Å². The van der Waals surface area contributed by atoms with E-state index in [2.05, 4.69) is 20.4 Å². The quantitative estimate of drug-likeness (QED) is 0.498. The molecule has 0 radical (unpaired) electrons. The van der Waals surface area contributed by atoms with Gasteiger partial charge in [0.2, 0.25) is 0 Å². The van der Waals surface area contributed by atoms with Crippen molar-refractivity contribution in [2.45, 2.75) is 69.4 Å². The Morgan fingerprint density at radius 3 is 2.68 bits per heavy atom. The summed E-state index contributed by atoms with van der Waals surface area (Å²) >= 11 is 0. The fourth-order valence-corrected chi connectivity index (χ4v) is 4.39. The molecule has 0 N–H and O–H groups in total. The van der Waals surface area contributed by atoms with E-state index in [-0.39, 0.29) is 23.1 Å². The monoisotopic (exact) mass is 262 g/mol. The first-order valence-electron chi connectivity index (χ1n) is 7.51. The Hall–Kier alpha value is -0.670. The molecule has 3 nitrogen and oxygen atoms in total. The molecule has 0 aromatic rings. The smallest absolute Gasteiger partial charge is 0.158 e. The van der Waals surface area contributed by atoms with Crippen molar-refractivity contribution >= 4 is 5.78 Å². The molecule has 3 heteroatoms. The van der Waals surface area contributed by atoms with E-state index in [0.717, 1.165) is 31.3 Å². The highest BCUT2D eigenvalue weighted by Crippen LogP contribution is 2.56. The molecular weight excluding hydrogens is 240 g/mol. The molecule has 19 heavy (non-hydrogen) atoms. The van der Waals surface area contributed by atoms with E-state index in [1.54, 1.807) is 0 Å². The van der Waals surface area contributed by atoms with Crippen molar-refractivity contribution < 1.29 is 14.3 Å². The number of carbonyl (C=O) groups excluding carboxylic acids is 1. The molecule has 2 saturated carbocycles. The molecule has 0 bridgehead atoms. The van der Waals surface area contributed by atoms with E-state index >= 15 is 0 Å². The number of allylic oxidation sites excluding steroid dienone is 1. The van der Waals surface area contributed by atoms with Crippen molar-refractivity contribution in [2.75, 3.05) is 0 Å². The molecule has 2 saturated heterocycles. The van der Waals surface area contributed by atoms with Crippen LogP contribution in [0, 0.1) is 11.8 Å². The normalized spacial score (nSPS) is 56.1. The number of ether oxygens (including phenoxy) is 2. The van der Waals surface area contributed by atoms with E-state index in [4.69, 9.17) is 9.47 Å². The number of hydrogen-bond acceptors (Lipinski definition) is 3. The van der Waals surface area contributed by atoms with Gasteiger partial charge in [-0.25, -0.2) is 0 Å². The summed E-state index contributed by atoms with van der Waals surface area (Å²) in [5, 5.41) is 0. The van der Waals surface area contributed by atoms with Gasteiger partial charge in [0.05, 0.1) is 23.4 Å². The molecular formula is C16H22O3. The molecule has 2 heterocycles. The largest absolute Gasteiger partial charge is 0.366 e. The molecule has 2 aliphatic heterocycles. The zero-order chi connectivity index (χ0) is 13.4. The minimum atomic E-state index is -0.0159. The predicted molar refractivity (Wildman–Crippen MR) is 70.8 cm³/mol. The van der Waals surface area contributed by atoms with Crippen LogP contribution < -0.4 is 0 Å². The first kappa shape index (κ1) is 12.1. The summed E-state index contributed by atoms with van der Waals surface area (Å²) in [6, 6.07) is 0. The van der Waals surface area contributed by atoms with Gasteiger partial charge in [-0.2, -0.15) is 0 Å². The molecule has 104 valence electrons. The van der Waals surface area contributed by atoms with Crippen LogP contribution in [0.15, 0.2) is 12.2 Å². The van der Waals surface area contributed by atoms with Gasteiger partial charge >= 0.3 is 0 Å². The first-order valence-corrected chi connectivity index (χ1v) is 7.51. The summed E-state index contributed by atoms with van der Waals surface area (Å²) in [6.45, 7) is 8.44. The molecule has 0 unspecified atom stereocenters. The van der Waals surface area contributed by atoms with E-state index in [0.29, 0.717) is 24.4 Å². The molecule has 0 aromatic heterocycles. The second-order valence-corrected chi connectivity index (χ2v) is 7.27. The van der Waals surface area contributed by atoms with Crippen molar-refractivity contribution in [3.05, 3.63) is 12.2 Å². The lowest BCUT2D eigenvalue weighted by Crippen LogP contribution is -2.25. The van der Waals surface area contributed by atoms with Crippen LogP contribution in [0.5, 0.6) is 0 Å². The van der Waals surface area contributed by atoms with Gasteiger partial charge in [0.1, 0.15) is 0 Å². The molecule has 4 fully saturated rings. The van der Waals surface area contributed by atoms with Gasteiger partial charge in [-0.05, 0) is 51.0 Å². The number of rotatable bonds is 0. The highest BCUT2D eigenvalue weighted by Gasteiger charge is 2.62. The zero-order valence-electron chi connectivity index (χ0n) is 11.8. The van der Waals surface area contributed by atoms with Gasteiger partial charge in [0.25, 0.3) is 0 Å². The summed E-state index contributed by atoms with van der Waals surface area (Å²) in [7, 11) is 0. The van der Waals surface area contributed by atoms with Crippen LogP contribution in [0.1, 0.15) is 46.0 Å². The van der Waals surface area contributed by atoms with Crippen LogP contribution in [0.3, 0.4) is 0 Å². The van der Waals surface area contributed by atoms with Gasteiger partial charge in [0.15, 0.2) is 5.78 Å². The second kappa shape index (κ2) is 3.50. The summed E-state index contributed by atoms with van der Waals surface area (Å²) in [4.78, 5) is 12.0. The van der Waals surface area contributed by atoms with Crippen molar-refractivity contribution in [2.24, 2.45) is 11.8 Å². The Labute approximate surface area is 114 Å². The fourth-order valence-electron chi connectivity index (χ4n) is 4.39. The number of carbonyl (C=O) groups is 1. The Morgan fingerprint density at radius 2 is 1.89 bits per heavy atom. The second-order valence-electron chi connectivity index (χ2n) is 7.27. The minimum Gasteiger partial charge on any atom is -0.366 e. The third-order valence-electron chi connectivity index (χ3n) is 5.96. The molecule has 4 aliphatic rings. The summed E-state index contributed by atoms with van der Waals surface area (Å²) < 4.78 is 11.9. The van der Waals surface area contributed by atoms with Crippen LogP contribution in [-0.2, 0) is 14.3 Å². The summed E-state index contributed by atoms with van der Waals surface area (Å²) in [5.74, 6) is 0.938. The lowest BCUT2D eigenvalue weighted by Gasteiger charge is -2.21. The topological polar surface area (TPSA) is 42.1 Å². The van der Waals surface area contributed by atoms with Gasteiger partial charge in [-0.15, -0.1) is 0 Å². The standard InChI is InChI=1S/C16H22O3/c1-9-10-4-6-15(2)13(18-15)5-7-16(3)14(19-16)11(10)8-12(9)17/h10-11,13-14H,1,4-8H2,2-3H3/t10-,11+,13-,14-,15-,16-/m1/s1. The van der Waals surface area contributed by atoms with Crippen molar-refractivity contribution in [3.63, 3.8) is 0 Å². The van der Waals surface area contributed by atoms with Gasteiger partial charge < -0.3 is 9.47 Å². The molecule has 6 atom stereocenters. The zero-order valence-corrected chi connectivity index (χ0v) is 11.8. The van der Waals surface area contributed by atoms with Gasteiger partial charge in [-0.3, -0.25) is 4.79 Å². The van der Waals surface area contributed by atoms with Crippen LogP contribution in [-0.4, -0.2) is 29.2 Å². The average molecular weight is 262 g/mol. The number of ketones is 1. The minimum absolute atomic E-state index is 0.0159. The Balaban J connectivity index is 1.62. The third-order valence-corrected chi connectivity index (χ3v) is 5.96. The Bertz CT molecular complexity index is 471. The number of hydrogen-bond donors (Lipinski definition) is 0. The first-order chi connectivity index (χ1) is 8.93. The van der Waals surface area contributed by atoms with Crippen LogP contribution in [0.25, 0.3) is 0 Å². The van der Waals surface area contributed by atoms with Gasteiger partial charge in [0, 0.05) is 12.3 Å². The van der Waals surface area contributed by atoms with E-state index in [1.165, 1.54) is 0 Å². The SMILES string of the molecule is C=C1C(=O)C[C@H]2[C@@H]1CC[C@@]1(C)O[C@@H]1CC[C@@]1(C)O[C@H]21. The highest BCUT2D eigenvalue weighted by molar-refractivity contribution is 5.98. The van der Waals surface area contributed by atoms with E-state index in [9.17, 15) is 4.79 Å². The lowest BCUT2D eigenvalue weighted by atomic mass is 9.79. The van der Waals surface area contributed by atoms with Crippen LogP contribution in [0.4, 0.5) is 0 Å². The van der Waals surface area contributed by atoms with E-state index in [1.807, 2.05) is 0 Å². The summed E-state index contributed by atoms with van der Waals surface area (Å²) in [5.41, 5.74) is 0.872. The lowest BCUT2D eigenvalue weighted by molar-refractivity contribution is -0.114. The Kier molecular flexibility index (Phi) is 2.23. The highest BCUT2D eigenvalue weighted by atomic mass is 16.6. The summed E-state index contributed by atoms with van der Waals surface area (Å²) in [6.07, 6.45) is 5.54. The number of Topliss-reactive ketones (excluding diaryl/α,β-unsaturated/α-hetero) is 1. The number of fused-ring (bicyclic) bond motifs is 4. The van der Waals surface area contributed by atoms with Crippen molar-refractivity contribution in [1.29, 1.82) is 0 Å². The van der Waals surface area contributed by atoms with Gasteiger partial charge in [-0.1, -0.05) is 6.58 Å². The maximum atomic E-state index is 12.0. The predicted octanol–water partition coefficient (Wildman–Crippen LogP) is 2.64. The maximum Gasteiger partial charge on any atom is 0.158 e. The molecule has 0 spiro atoms. The third kappa shape index (κ3) is 1.67. The van der Waals surface area contributed by atoms with Crippen molar-refractivity contribution in [3.8, 4) is 0 Å². The number of epoxide rings is 2. The molecule has 2 aliphatic carbocycles. The van der Waals surface area contributed by atoms with Crippen LogP contribution >= 0.6 is 0 Å². The maximum absolute atomic E-state index is 12.0. The Morgan fingerprint density at radius 1 is 1.16 bits per heavy atom. The molecule has 0 aromatic carbocycles. The average Bonchev–Trinajstić information content (AvgIpc) is 3.18. The van der Waals surface area contributed by atoms with Crippen LogP contribution in [0.2, 0.25) is 0 Å². The fraction of sp³-hybridized carbons (Fsp3) is 0.812. The van der Waals surface area contributed by atoms with Crippen molar-refractivity contribution in [1.82, 2.24) is 0 Å².